The Labute approximate surface area is 120 Å². The Kier molecular flexibility index (Phi) is 3.30. The lowest BCUT2D eigenvalue weighted by atomic mass is 10.00. The smallest absolute Gasteiger partial charge is 0.202 e. The first-order valence-corrected chi connectivity index (χ1v) is 6.49. The molecule has 1 heterocycles. The molecule has 2 N–H and O–H groups in total. The number of benzene rings is 2. The van der Waals surface area contributed by atoms with Gasteiger partial charge in [-0.2, -0.15) is 0 Å². The van der Waals surface area contributed by atoms with Gasteiger partial charge in [-0.1, -0.05) is 35.9 Å². The average Bonchev–Trinajstić information content (AvgIpc) is 2.48. The fourth-order valence-electron chi connectivity index (χ4n) is 2.22. The largest absolute Gasteiger partial charge is 0.463 e. The fraction of sp³-hybridized carbons (Fsp3) is 0.0625. The minimum Gasteiger partial charge on any atom is -0.463 e. The van der Waals surface area contributed by atoms with E-state index in [-0.39, 0.29) is 5.43 Å². The molecule has 0 bridgehead atoms. The number of fused-ring (bicyclic) bond motifs is 1. The molecule has 0 saturated carbocycles. The zero-order valence-corrected chi connectivity index (χ0v) is 11.3. The highest BCUT2D eigenvalue weighted by Crippen LogP contribution is 2.26. The summed E-state index contributed by atoms with van der Waals surface area (Å²) in [5, 5.41) is 0.707. The van der Waals surface area contributed by atoms with Crippen LogP contribution in [0.5, 0.6) is 0 Å². The molecular weight excluding hydrogens is 274 g/mol. The lowest BCUT2D eigenvalue weighted by Gasteiger charge is -2.08. The molecule has 0 aliphatic carbocycles. The van der Waals surface area contributed by atoms with Gasteiger partial charge in [-0.25, -0.2) is 0 Å². The van der Waals surface area contributed by atoms with Crippen molar-refractivity contribution in [3.05, 3.63) is 69.5 Å². The third-order valence-corrected chi connectivity index (χ3v) is 3.51. The van der Waals surface area contributed by atoms with Gasteiger partial charge in [0.15, 0.2) is 0 Å². The van der Waals surface area contributed by atoms with E-state index in [1.807, 2.05) is 24.3 Å². The van der Waals surface area contributed by atoms with Crippen molar-refractivity contribution < 1.29 is 4.42 Å². The predicted molar refractivity (Wildman–Crippen MR) is 79.7 cm³/mol. The molecule has 0 spiro atoms. The first kappa shape index (κ1) is 12.9. The van der Waals surface area contributed by atoms with E-state index in [1.54, 1.807) is 12.1 Å². The van der Waals surface area contributed by atoms with E-state index in [2.05, 4.69) is 6.07 Å². The molecule has 1 aromatic heterocycles. The highest BCUT2D eigenvalue weighted by atomic mass is 35.5. The van der Waals surface area contributed by atoms with Crippen molar-refractivity contribution in [1.29, 1.82) is 0 Å². The Morgan fingerprint density at radius 3 is 2.80 bits per heavy atom. The molecule has 0 unspecified atom stereocenters. The summed E-state index contributed by atoms with van der Waals surface area (Å²) in [5.41, 5.74) is 8.11. The van der Waals surface area contributed by atoms with Crippen LogP contribution in [0.2, 0.25) is 5.02 Å². The predicted octanol–water partition coefficient (Wildman–Crippen LogP) is 3.37. The molecular formula is C16H11ClNO2. The number of hydrogen-bond donors (Lipinski definition) is 1. The monoisotopic (exact) mass is 284 g/mol. The Bertz CT molecular complexity index is 839. The number of nitrogens with two attached hydrogens (primary N) is 1. The van der Waals surface area contributed by atoms with Gasteiger partial charge in [0.2, 0.25) is 5.43 Å². The molecule has 4 heteroatoms. The van der Waals surface area contributed by atoms with Crippen LogP contribution in [0.4, 0.5) is 0 Å². The highest BCUT2D eigenvalue weighted by Gasteiger charge is 2.13. The van der Waals surface area contributed by atoms with Gasteiger partial charge in [0.05, 0.1) is 16.0 Å². The first-order chi connectivity index (χ1) is 9.72. The maximum absolute atomic E-state index is 12.6. The summed E-state index contributed by atoms with van der Waals surface area (Å²) in [6.45, 7) is 0.351. The van der Waals surface area contributed by atoms with Crippen LogP contribution < -0.4 is 11.2 Å². The van der Waals surface area contributed by atoms with E-state index < -0.39 is 0 Å². The van der Waals surface area contributed by atoms with Gasteiger partial charge in [0.1, 0.15) is 11.8 Å². The molecule has 0 amide bonds. The maximum Gasteiger partial charge on any atom is 0.202 e. The van der Waals surface area contributed by atoms with E-state index in [9.17, 15) is 4.79 Å². The van der Waals surface area contributed by atoms with Crippen molar-refractivity contribution >= 4 is 22.6 Å². The van der Waals surface area contributed by atoms with E-state index in [0.29, 0.717) is 28.1 Å². The third kappa shape index (κ3) is 2.01. The van der Waals surface area contributed by atoms with Crippen LogP contribution in [0, 0.1) is 6.07 Å². The van der Waals surface area contributed by atoms with Gasteiger partial charge in [0.25, 0.3) is 0 Å². The molecule has 20 heavy (non-hydrogen) atoms. The topological polar surface area (TPSA) is 56.2 Å². The SMILES string of the molecule is NCc1ccccc1-c1coc2c[c]cc(Cl)c2c1=O. The van der Waals surface area contributed by atoms with Crippen LogP contribution in [0.3, 0.4) is 0 Å². The maximum atomic E-state index is 12.6. The Hall–Kier alpha value is -2.10. The Morgan fingerprint density at radius 1 is 1.20 bits per heavy atom. The second-order valence-electron chi connectivity index (χ2n) is 4.38. The number of rotatable bonds is 2. The summed E-state index contributed by atoms with van der Waals surface area (Å²) in [4.78, 5) is 12.6. The minimum absolute atomic E-state index is 0.161. The van der Waals surface area contributed by atoms with Crippen molar-refractivity contribution in [3.63, 3.8) is 0 Å². The molecule has 0 fully saturated rings. The molecule has 0 saturated heterocycles. The first-order valence-electron chi connectivity index (χ1n) is 6.12. The van der Waals surface area contributed by atoms with Gasteiger partial charge >= 0.3 is 0 Å². The van der Waals surface area contributed by atoms with Gasteiger partial charge in [-0.15, -0.1) is 0 Å². The van der Waals surface area contributed by atoms with Crippen molar-refractivity contribution in [2.75, 3.05) is 0 Å². The van der Waals surface area contributed by atoms with Gasteiger partial charge < -0.3 is 10.2 Å². The minimum atomic E-state index is -0.161. The molecule has 2 aromatic carbocycles. The van der Waals surface area contributed by atoms with Crippen LogP contribution in [-0.4, -0.2) is 0 Å². The van der Waals surface area contributed by atoms with Crippen molar-refractivity contribution in [3.8, 4) is 11.1 Å². The quantitative estimate of drug-likeness (QED) is 0.785. The van der Waals surface area contributed by atoms with Crippen LogP contribution in [-0.2, 0) is 6.54 Å². The van der Waals surface area contributed by atoms with Crippen molar-refractivity contribution in [1.82, 2.24) is 0 Å². The Balaban J connectivity index is 2.36. The molecule has 0 atom stereocenters. The van der Waals surface area contributed by atoms with E-state index in [1.165, 1.54) is 6.26 Å². The highest BCUT2D eigenvalue weighted by molar-refractivity contribution is 6.35. The van der Waals surface area contributed by atoms with Crippen molar-refractivity contribution in [2.24, 2.45) is 5.73 Å². The van der Waals surface area contributed by atoms with Crippen LogP contribution in [0.15, 0.2) is 51.9 Å². The van der Waals surface area contributed by atoms with Crippen LogP contribution in [0.25, 0.3) is 22.1 Å². The molecule has 3 rings (SSSR count). The normalized spacial score (nSPS) is 10.9. The molecule has 0 aliphatic heterocycles. The summed E-state index contributed by atoms with van der Waals surface area (Å²) in [6.07, 6.45) is 1.45. The van der Waals surface area contributed by atoms with E-state index >= 15 is 0 Å². The number of hydrogen-bond acceptors (Lipinski definition) is 3. The summed E-state index contributed by atoms with van der Waals surface area (Å²) in [7, 11) is 0. The standard InChI is InChI=1S/C16H11ClNO2/c17-13-6-3-7-14-15(13)16(19)12(9-20-14)11-5-2-1-4-10(11)8-18/h1-2,4-7,9H,8,18H2. The lowest BCUT2D eigenvalue weighted by molar-refractivity contribution is 0.604. The molecule has 0 aliphatic rings. The van der Waals surface area contributed by atoms with Crippen molar-refractivity contribution in [2.45, 2.75) is 6.54 Å². The zero-order valence-electron chi connectivity index (χ0n) is 10.5. The lowest BCUT2D eigenvalue weighted by Crippen LogP contribution is -2.08. The third-order valence-electron chi connectivity index (χ3n) is 3.21. The molecule has 3 aromatic rings. The summed E-state index contributed by atoms with van der Waals surface area (Å²) in [6, 6.07) is 13.5. The van der Waals surface area contributed by atoms with E-state index in [4.69, 9.17) is 21.8 Å². The molecule has 99 valence electrons. The number of halogens is 1. The molecule has 1 radical (unpaired) electrons. The summed E-state index contributed by atoms with van der Waals surface area (Å²) in [5.74, 6) is 0. The van der Waals surface area contributed by atoms with Crippen LogP contribution >= 0.6 is 11.6 Å². The van der Waals surface area contributed by atoms with Gasteiger partial charge in [-0.05, 0) is 29.3 Å². The van der Waals surface area contributed by atoms with E-state index in [0.717, 1.165) is 11.1 Å². The second-order valence-corrected chi connectivity index (χ2v) is 4.79. The zero-order chi connectivity index (χ0) is 14.1. The van der Waals surface area contributed by atoms with Gasteiger partial charge in [-0.3, -0.25) is 4.79 Å². The Morgan fingerprint density at radius 2 is 2.00 bits per heavy atom. The summed E-state index contributed by atoms with van der Waals surface area (Å²) >= 11 is 6.08. The van der Waals surface area contributed by atoms with Gasteiger partial charge in [0, 0.05) is 6.54 Å². The fourth-order valence-corrected chi connectivity index (χ4v) is 2.47. The summed E-state index contributed by atoms with van der Waals surface area (Å²) < 4.78 is 5.50. The molecule has 3 nitrogen and oxygen atoms in total. The average molecular weight is 285 g/mol. The second kappa shape index (κ2) is 5.12. The van der Waals surface area contributed by atoms with Crippen LogP contribution in [0.1, 0.15) is 5.56 Å².